The number of rotatable bonds is 8. The first-order valence-electron chi connectivity index (χ1n) is 7.78. The molecule has 0 radical (unpaired) electrons. The van der Waals surface area contributed by atoms with Gasteiger partial charge >= 0.3 is 12.6 Å². The Balaban J connectivity index is 1.72. The Morgan fingerprint density at radius 1 is 1.11 bits per heavy atom. The molecule has 0 saturated carbocycles. The lowest BCUT2D eigenvalue weighted by Crippen LogP contribution is -2.30. The van der Waals surface area contributed by atoms with Crippen LogP contribution in [0.5, 0.6) is 5.75 Å². The number of alkyl halides is 2. The van der Waals surface area contributed by atoms with Gasteiger partial charge in [0.2, 0.25) is 0 Å². The molecule has 5 nitrogen and oxygen atoms in total. The summed E-state index contributed by atoms with van der Waals surface area (Å²) >= 11 is 5.59. The summed E-state index contributed by atoms with van der Waals surface area (Å²) < 4.78 is 46.7. The molecule has 0 aliphatic heterocycles. The third-order valence-electron chi connectivity index (χ3n) is 3.37. The standard InChI is InChI=1S/C18H15ClF3NO4/c19-12-3-6-14(15(20)9-12)17(25)26-10-16(24)23-8-7-11-1-4-13(5-2-11)27-18(21)22/h1-6,9,18H,7-8,10H2,(H,23,24). The van der Waals surface area contributed by atoms with E-state index in [1.165, 1.54) is 24.3 Å². The van der Waals surface area contributed by atoms with Crippen molar-refractivity contribution in [2.24, 2.45) is 0 Å². The van der Waals surface area contributed by atoms with Gasteiger partial charge in [-0.25, -0.2) is 9.18 Å². The van der Waals surface area contributed by atoms with Crippen LogP contribution in [0, 0.1) is 5.82 Å². The quantitative estimate of drug-likeness (QED) is 0.686. The minimum absolute atomic E-state index is 0.0409. The zero-order valence-corrected chi connectivity index (χ0v) is 14.6. The van der Waals surface area contributed by atoms with Crippen LogP contribution in [-0.2, 0) is 16.0 Å². The van der Waals surface area contributed by atoms with Crippen molar-refractivity contribution >= 4 is 23.5 Å². The number of amides is 1. The molecule has 0 atom stereocenters. The van der Waals surface area contributed by atoms with E-state index in [2.05, 4.69) is 10.1 Å². The average Bonchev–Trinajstić information content (AvgIpc) is 2.61. The van der Waals surface area contributed by atoms with E-state index < -0.39 is 30.9 Å². The Morgan fingerprint density at radius 3 is 2.44 bits per heavy atom. The minimum Gasteiger partial charge on any atom is -0.452 e. The van der Waals surface area contributed by atoms with Gasteiger partial charge in [0.15, 0.2) is 6.61 Å². The zero-order chi connectivity index (χ0) is 19.8. The maximum absolute atomic E-state index is 13.6. The normalized spacial score (nSPS) is 10.6. The van der Waals surface area contributed by atoms with E-state index in [4.69, 9.17) is 16.3 Å². The maximum atomic E-state index is 13.6. The minimum atomic E-state index is -2.89. The van der Waals surface area contributed by atoms with Crippen molar-refractivity contribution in [3.05, 3.63) is 64.4 Å². The van der Waals surface area contributed by atoms with Gasteiger partial charge in [0.1, 0.15) is 11.6 Å². The van der Waals surface area contributed by atoms with E-state index in [1.807, 2.05) is 0 Å². The van der Waals surface area contributed by atoms with Crippen LogP contribution in [0.25, 0.3) is 0 Å². The van der Waals surface area contributed by atoms with Gasteiger partial charge < -0.3 is 14.8 Å². The first kappa shape index (κ1) is 20.6. The van der Waals surface area contributed by atoms with E-state index in [0.717, 1.165) is 11.6 Å². The number of ether oxygens (including phenoxy) is 2. The summed E-state index contributed by atoms with van der Waals surface area (Å²) in [6, 6.07) is 9.44. The van der Waals surface area contributed by atoms with Crippen molar-refractivity contribution in [1.29, 1.82) is 0 Å². The third-order valence-corrected chi connectivity index (χ3v) is 3.60. The van der Waals surface area contributed by atoms with Crippen LogP contribution in [-0.4, -0.2) is 31.6 Å². The summed E-state index contributed by atoms with van der Waals surface area (Å²) in [6.07, 6.45) is 0.431. The Bertz CT molecular complexity index is 800. The molecule has 144 valence electrons. The predicted octanol–water partition coefficient (Wildman–Crippen LogP) is 3.60. The van der Waals surface area contributed by atoms with Crippen LogP contribution in [0.15, 0.2) is 42.5 Å². The Kier molecular flexibility index (Phi) is 7.48. The van der Waals surface area contributed by atoms with Crippen molar-refractivity contribution < 1.29 is 32.2 Å². The molecule has 2 aromatic carbocycles. The van der Waals surface area contributed by atoms with Crippen molar-refractivity contribution in [2.45, 2.75) is 13.0 Å². The fourth-order valence-corrected chi connectivity index (χ4v) is 2.26. The highest BCUT2D eigenvalue weighted by Gasteiger charge is 2.15. The number of hydrogen-bond donors (Lipinski definition) is 1. The van der Waals surface area contributed by atoms with Gasteiger partial charge in [0, 0.05) is 11.6 Å². The molecule has 0 unspecified atom stereocenters. The smallest absolute Gasteiger partial charge is 0.387 e. The van der Waals surface area contributed by atoms with Gasteiger partial charge in [-0.3, -0.25) is 4.79 Å². The second-order valence-corrected chi connectivity index (χ2v) is 5.76. The summed E-state index contributed by atoms with van der Waals surface area (Å²) in [5.74, 6) is -2.34. The number of hydrogen-bond acceptors (Lipinski definition) is 4. The number of halogens is 4. The van der Waals surface area contributed by atoms with Gasteiger partial charge in [-0.15, -0.1) is 0 Å². The van der Waals surface area contributed by atoms with Gasteiger partial charge in [-0.1, -0.05) is 23.7 Å². The lowest BCUT2D eigenvalue weighted by molar-refractivity contribution is -0.124. The lowest BCUT2D eigenvalue weighted by Gasteiger charge is -2.08. The molecule has 1 amide bonds. The second kappa shape index (κ2) is 9.82. The van der Waals surface area contributed by atoms with Gasteiger partial charge in [-0.05, 0) is 42.3 Å². The van der Waals surface area contributed by atoms with E-state index in [1.54, 1.807) is 12.1 Å². The fourth-order valence-electron chi connectivity index (χ4n) is 2.10. The number of carbonyl (C=O) groups is 2. The van der Waals surface area contributed by atoms with Crippen LogP contribution in [0.3, 0.4) is 0 Å². The van der Waals surface area contributed by atoms with Gasteiger partial charge in [0.05, 0.1) is 5.56 Å². The van der Waals surface area contributed by atoms with E-state index in [0.29, 0.717) is 6.42 Å². The van der Waals surface area contributed by atoms with Gasteiger partial charge in [-0.2, -0.15) is 8.78 Å². The zero-order valence-electron chi connectivity index (χ0n) is 13.9. The molecule has 0 aliphatic carbocycles. The summed E-state index contributed by atoms with van der Waals surface area (Å²) in [7, 11) is 0. The summed E-state index contributed by atoms with van der Waals surface area (Å²) in [4.78, 5) is 23.4. The number of nitrogens with one attached hydrogen (secondary N) is 1. The van der Waals surface area contributed by atoms with E-state index >= 15 is 0 Å². The van der Waals surface area contributed by atoms with Crippen LogP contribution >= 0.6 is 11.6 Å². The molecule has 0 fully saturated rings. The fraction of sp³-hybridized carbons (Fsp3) is 0.222. The predicted molar refractivity (Wildman–Crippen MR) is 91.5 cm³/mol. The molecule has 2 rings (SSSR count). The molecule has 0 bridgehead atoms. The molecule has 0 aromatic heterocycles. The molecule has 0 spiro atoms. The summed E-state index contributed by atoms with van der Waals surface area (Å²) in [5.41, 5.74) is 0.468. The van der Waals surface area contributed by atoms with Crippen LogP contribution in [0.2, 0.25) is 5.02 Å². The van der Waals surface area contributed by atoms with Crippen LogP contribution in [0.4, 0.5) is 13.2 Å². The highest BCUT2D eigenvalue weighted by Crippen LogP contribution is 2.16. The van der Waals surface area contributed by atoms with Crippen LogP contribution in [0.1, 0.15) is 15.9 Å². The van der Waals surface area contributed by atoms with Crippen molar-refractivity contribution in [2.75, 3.05) is 13.2 Å². The second-order valence-electron chi connectivity index (χ2n) is 5.32. The first-order chi connectivity index (χ1) is 12.8. The lowest BCUT2D eigenvalue weighted by atomic mass is 10.1. The Morgan fingerprint density at radius 2 is 1.81 bits per heavy atom. The molecule has 2 aromatic rings. The number of esters is 1. The molecule has 0 aliphatic rings. The topological polar surface area (TPSA) is 64.6 Å². The molecule has 1 N–H and O–H groups in total. The first-order valence-corrected chi connectivity index (χ1v) is 8.15. The monoisotopic (exact) mass is 401 g/mol. The van der Waals surface area contributed by atoms with Crippen molar-refractivity contribution in [3.8, 4) is 5.75 Å². The molecule has 9 heteroatoms. The van der Waals surface area contributed by atoms with Crippen molar-refractivity contribution in [1.82, 2.24) is 5.32 Å². The summed E-state index contributed by atoms with van der Waals surface area (Å²) in [5, 5.41) is 2.66. The van der Waals surface area contributed by atoms with Gasteiger partial charge in [0.25, 0.3) is 5.91 Å². The summed E-state index contributed by atoms with van der Waals surface area (Å²) in [6.45, 7) is -3.22. The molecule has 27 heavy (non-hydrogen) atoms. The SMILES string of the molecule is O=C(COC(=O)c1ccc(Cl)cc1F)NCCc1ccc(OC(F)F)cc1. The third kappa shape index (κ3) is 6.82. The molecule has 0 saturated heterocycles. The highest BCUT2D eigenvalue weighted by atomic mass is 35.5. The molecular weight excluding hydrogens is 387 g/mol. The maximum Gasteiger partial charge on any atom is 0.387 e. The van der Waals surface area contributed by atoms with Crippen molar-refractivity contribution in [3.63, 3.8) is 0 Å². The molecule has 0 heterocycles. The molecular formula is C18H15ClF3NO4. The Labute approximate surface area is 158 Å². The average molecular weight is 402 g/mol. The number of carbonyl (C=O) groups excluding carboxylic acids is 2. The van der Waals surface area contributed by atoms with E-state index in [9.17, 15) is 22.8 Å². The highest BCUT2D eigenvalue weighted by molar-refractivity contribution is 6.30. The number of benzene rings is 2. The van der Waals surface area contributed by atoms with Crippen LogP contribution < -0.4 is 10.1 Å². The van der Waals surface area contributed by atoms with E-state index in [-0.39, 0.29) is 22.9 Å². The Hall–Kier alpha value is -2.74. The largest absolute Gasteiger partial charge is 0.452 e.